The molecule has 0 atom stereocenters. The lowest BCUT2D eigenvalue weighted by molar-refractivity contribution is -0.129. The molecule has 0 radical (unpaired) electrons. The van der Waals surface area contributed by atoms with Gasteiger partial charge >= 0.3 is 0 Å². The summed E-state index contributed by atoms with van der Waals surface area (Å²) in [5, 5.41) is 9.76. The number of nitrogens with zero attached hydrogens (tertiary/aromatic N) is 4. The number of amides is 1. The van der Waals surface area contributed by atoms with Crippen molar-refractivity contribution in [1.29, 1.82) is 0 Å². The average molecular weight is 479 g/mol. The molecule has 0 N–H and O–H groups in total. The minimum atomic E-state index is 0.154. The average Bonchev–Trinajstić information content (AvgIpc) is 3.29. The van der Waals surface area contributed by atoms with Crippen molar-refractivity contribution in [3.8, 4) is 17.1 Å². The molecule has 1 aliphatic carbocycles. The zero-order chi connectivity index (χ0) is 23.9. The summed E-state index contributed by atoms with van der Waals surface area (Å²) < 4.78 is 7.70. The first kappa shape index (κ1) is 24.3. The monoisotopic (exact) mass is 478 g/mol. The Hall–Kier alpha value is -2.80. The van der Waals surface area contributed by atoms with Crippen LogP contribution in [0.5, 0.6) is 5.75 Å². The summed E-state index contributed by atoms with van der Waals surface area (Å²) in [5.74, 6) is 2.80. The SMILES string of the molecule is COc1ccccc1-c1nnc(SCC(=O)N(C)C2CCC(C)CC2)n1CCc1ccccc1. The van der Waals surface area contributed by atoms with Crippen molar-refractivity contribution >= 4 is 17.7 Å². The van der Waals surface area contributed by atoms with Crippen molar-refractivity contribution in [1.82, 2.24) is 19.7 Å². The van der Waals surface area contributed by atoms with Gasteiger partial charge in [0.05, 0.1) is 18.4 Å². The van der Waals surface area contributed by atoms with Gasteiger partial charge in [0.15, 0.2) is 11.0 Å². The number of carbonyl (C=O) groups excluding carboxylic acids is 1. The normalized spacial score (nSPS) is 18.0. The van der Waals surface area contributed by atoms with Gasteiger partial charge in [-0.05, 0) is 55.7 Å². The van der Waals surface area contributed by atoms with Crippen molar-refractivity contribution in [2.24, 2.45) is 5.92 Å². The number of methoxy groups -OCH3 is 1. The van der Waals surface area contributed by atoms with E-state index in [9.17, 15) is 4.79 Å². The van der Waals surface area contributed by atoms with Crippen molar-refractivity contribution in [2.75, 3.05) is 19.9 Å². The molecule has 0 aliphatic heterocycles. The maximum Gasteiger partial charge on any atom is 0.233 e. The molecule has 34 heavy (non-hydrogen) atoms. The number of hydrogen-bond acceptors (Lipinski definition) is 5. The molecule has 2 aromatic carbocycles. The molecule has 6 nitrogen and oxygen atoms in total. The Bertz CT molecular complexity index is 1080. The number of rotatable bonds is 9. The fourth-order valence-corrected chi connectivity index (χ4v) is 5.46. The van der Waals surface area contributed by atoms with E-state index in [1.165, 1.54) is 30.2 Å². The zero-order valence-corrected chi connectivity index (χ0v) is 21.1. The van der Waals surface area contributed by atoms with Crippen molar-refractivity contribution in [3.63, 3.8) is 0 Å². The number of carbonyl (C=O) groups is 1. The molecule has 1 heterocycles. The molecule has 1 aliphatic rings. The van der Waals surface area contributed by atoms with Crippen LogP contribution in [0.3, 0.4) is 0 Å². The van der Waals surface area contributed by atoms with Crippen LogP contribution in [-0.4, -0.2) is 51.5 Å². The third kappa shape index (κ3) is 5.81. The molecule has 3 aromatic rings. The fourth-order valence-electron chi connectivity index (χ4n) is 4.57. The molecule has 0 bridgehead atoms. The van der Waals surface area contributed by atoms with Gasteiger partial charge in [-0.1, -0.05) is 61.2 Å². The maximum atomic E-state index is 13.0. The highest BCUT2D eigenvalue weighted by atomic mass is 32.2. The number of ether oxygens (including phenoxy) is 1. The second-order valence-electron chi connectivity index (χ2n) is 9.10. The molecule has 0 unspecified atom stereocenters. The highest BCUT2D eigenvalue weighted by molar-refractivity contribution is 7.99. The van der Waals surface area contributed by atoms with E-state index >= 15 is 0 Å². The van der Waals surface area contributed by atoms with Crippen LogP contribution in [0.2, 0.25) is 0 Å². The molecule has 4 rings (SSSR count). The van der Waals surface area contributed by atoms with Crippen molar-refractivity contribution in [3.05, 3.63) is 60.2 Å². The van der Waals surface area contributed by atoms with Gasteiger partial charge in [-0.3, -0.25) is 4.79 Å². The predicted molar refractivity (Wildman–Crippen MR) is 137 cm³/mol. The molecule has 0 saturated heterocycles. The van der Waals surface area contributed by atoms with Crippen LogP contribution >= 0.6 is 11.8 Å². The topological polar surface area (TPSA) is 60.3 Å². The quantitative estimate of drug-likeness (QED) is 0.389. The second kappa shape index (κ2) is 11.6. The first-order valence-corrected chi connectivity index (χ1v) is 13.0. The molecule has 1 saturated carbocycles. The summed E-state index contributed by atoms with van der Waals surface area (Å²) in [6.07, 6.45) is 5.44. The fraction of sp³-hybridized carbons (Fsp3) is 0.444. The van der Waals surface area contributed by atoms with Gasteiger partial charge in [-0.2, -0.15) is 0 Å². The van der Waals surface area contributed by atoms with E-state index in [4.69, 9.17) is 4.74 Å². The van der Waals surface area contributed by atoms with Crippen LogP contribution in [0.15, 0.2) is 59.8 Å². The van der Waals surface area contributed by atoms with Crippen molar-refractivity contribution in [2.45, 2.75) is 56.8 Å². The number of hydrogen-bond donors (Lipinski definition) is 0. The van der Waals surface area contributed by atoms with Crippen LogP contribution in [0, 0.1) is 5.92 Å². The third-order valence-corrected chi connectivity index (χ3v) is 7.73. The van der Waals surface area contributed by atoms with E-state index in [0.29, 0.717) is 11.8 Å². The Morgan fingerprint density at radius 2 is 1.76 bits per heavy atom. The number of aryl methyl sites for hydroxylation is 1. The largest absolute Gasteiger partial charge is 0.496 e. The van der Waals surface area contributed by atoms with Crippen molar-refractivity contribution < 1.29 is 9.53 Å². The first-order valence-electron chi connectivity index (χ1n) is 12.1. The third-order valence-electron chi connectivity index (χ3n) is 6.78. The highest BCUT2D eigenvalue weighted by Gasteiger charge is 2.25. The van der Waals surface area contributed by atoms with Gasteiger partial charge in [-0.15, -0.1) is 10.2 Å². The standard InChI is InChI=1S/C27H34N4O2S/c1-20-13-15-22(16-14-20)30(2)25(32)19-34-27-29-28-26(23-11-7-8-12-24(23)33-3)31(27)18-17-21-9-5-4-6-10-21/h4-12,20,22H,13-19H2,1-3H3. The van der Waals surface area contributed by atoms with Gasteiger partial charge in [0.1, 0.15) is 5.75 Å². The zero-order valence-electron chi connectivity index (χ0n) is 20.3. The van der Waals surface area contributed by atoms with Crippen LogP contribution in [0.25, 0.3) is 11.4 Å². The van der Waals surface area contributed by atoms with Crippen LogP contribution in [-0.2, 0) is 17.8 Å². The highest BCUT2D eigenvalue weighted by Crippen LogP contribution is 2.32. The molecule has 0 spiro atoms. The lowest BCUT2D eigenvalue weighted by Crippen LogP contribution is -2.40. The Morgan fingerprint density at radius 3 is 2.50 bits per heavy atom. The van der Waals surface area contributed by atoms with Gasteiger partial charge in [0.25, 0.3) is 0 Å². The number of thioether (sulfide) groups is 1. The predicted octanol–water partition coefficient (Wildman–Crippen LogP) is 5.33. The molecule has 1 aromatic heterocycles. The summed E-state index contributed by atoms with van der Waals surface area (Å²) in [6.45, 7) is 3.02. The second-order valence-corrected chi connectivity index (χ2v) is 10.0. The molecular formula is C27H34N4O2S. The Morgan fingerprint density at radius 1 is 1.06 bits per heavy atom. The summed E-state index contributed by atoms with van der Waals surface area (Å²) in [5.41, 5.74) is 2.15. The first-order chi connectivity index (χ1) is 16.6. The summed E-state index contributed by atoms with van der Waals surface area (Å²) in [7, 11) is 3.61. The Kier molecular flexibility index (Phi) is 8.27. The smallest absolute Gasteiger partial charge is 0.233 e. The molecule has 1 amide bonds. The molecular weight excluding hydrogens is 444 g/mol. The summed E-state index contributed by atoms with van der Waals surface area (Å²) in [6, 6.07) is 18.6. The van der Waals surface area contributed by atoms with E-state index in [-0.39, 0.29) is 5.91 Å². The van der Waals surface area contributed by atoms with Gasteiger partial charge in [0, 0.05) is 19.6 Å². The number of benzene rings is 2. The minimum Gasteiger partial charge on any atom is -0.496 e. The molecule has 7 heteroatoms. The summed E-state index contributed by atoms with van der Waals surface area (Å²) in [4.78, 5) is 14.9. The minimum absolute atomic E-state index is 0.154. The van der Waals surface area contributed by atoms with Crippen LogP contribution in [0.4, 0.5) is 0 Å². The lowest BCUT2D eigenvalue weighted by atomic mass is 9.87. The van der Waals surface area contributed by atoms with E-state index < -0.39 is 0 Å². The van der Waals surface area contributed by atoms with Gasteiger partial charge in [-0.25, -0.2) is 0 Å². The Balaban J connectivity index is 1.51. The van der Waals surface area contributed by atoms with E-state index in [0.717, 1.165) is 54.0 Å². The van der Waals surface area contributed by atoms with Crippen LogP contribution in [0.1, 0.15) is 38.2 Å². The van der Waals surface area contributed by atoms with E-state index in [1.807, 2.05) is 42.3 Å². The van der Waals surface area contributed by atoms with Crippen LogP contribution < -0.4 is 4.74 Å². The summed E-state index contributed by atoms with van der Waals surface area (Å²) >= 11 is 1.47. The lowest BCUT2D eigenvalue weighted by Gasteiger charge is -2.33. The van der Waals surface area contributed by atoms with E-state index in [1.54, 1.807) is 7.11 Å². The Labute approximate surface area is 206 Å². The number of para-hydroxylation sites is 1. The molecule has 180 valence electrons. The molecule has 1 fully saturated rings. The van der Waals surface area contributed by atoms with Gasteiger partial charge in [0.2, 0.25) is 5.91 Å². The number of aromatic nitrogens is 3. The van der Waals surface area contributed by atoms with E-state index in [2.05, 4.69) is 46.0 Å². The van der Waals surface area contributed by atoms with Gasteiger partial charge < -0.3 is 14.2 Å². The maximum absolute atomic E-state index is 13.0.